The zero-order valence-electron chi connectivity index (χ0n) is 31.7. The predicted molar refractivity (Wildman–Crippen MR) is 233 cm³/mol. The number of ketones is 5. The Kier molecular flexibility index (Phi) is 11.3. The number of nitrogens with zero attached hydrogens (tertiary/aromatic N) is 2. The Balaban J connectivity index is 1.35. The third-order valence-electron chi connectivity index (χ3n) is 10.1. The van der Waals surface area contributed by atoms with Gasteiger partial charge in [-0.15, -0.1) is 0 Å². The first-order valence-corrected chi connectivity index (χ1v) is 19.9. The summed E-state index contributed by atoms with van der Waals surface area (Å²) in [5.74, 6) is -1.54. The second kappa shape index (κ2) is 17.4. The third-order valence-corrected chi connectivity index (χ3v) is 11.0. The molecule has 1 aliphatic heterocycles. The number of allylic oxidation sites excluding steroid dienone is 2. The molecule has 0 amide bonds. The average Bonchev–Trinajstić information content (AvgIpc) is 3.88. The number of carbonyl (C=O) groups excluding carboxylic acids is 5. The molecule has 6 aromatic carbocycles. The number of rotatable bonds is 14. The fourth-order valence-corrected chi connectivity index (χ4v) is 8.12. The van der Waals surface area contributed by atoms with Crippen molar-refractivity contribution in [2.75, 3.05) is 11.4 Å². The van der Waals surface area contributed by atoms with E-state index in [4.69, 9.17) is 0 Å². The van der Waals surface area contributed by atoms with Gasteiger partial charge in [-0.25, -0.2) is 0 Å². The summed E-state index contributed by atoms with van der Waals surface area (Å²) in [6, 6.07) is 53.1. The zero-order valence-corrected chi connectivity index (χ0v) is 32.5. The number of anilines is 1. The topological polar surface area (TPSA) is 93.5 Å². The molecule has 286 valence electrons. The van der Waals surface area contributed by atoms with Gasteiger partial charge in [-0.05, 0) is 5.56 Å². The minimum absolute atomic E-state index is 0.0203. The van der Waals surface area contributed by atoms with Crippen LogP contribution < -0.4 is 4.90 Å². The number of hydrogen-bond acceptors (Lipinski definition) is 7. The molecule has 0 fully saturated rings. The lowest BCUT2D eigenvalue weighted by Gasteiger charge is -2.24. The van der Waals surface area contributed by atoms with Crippen molar-refractivity contribution in [1.29, 1.82) is 0 Å². The van der Waals surface area contributed by atoms with Crippen LogP contribution in [0.1, 0.15) is 74.2 Å². The molecule has 1 aromatic heterocycles. The van der Waals surface area contributed by atoms with Gasteiger partial charge in [-0.3, -0.25) is 24.0 Å². The summed E-state index contributed by atoms with van der Waals surface area (Å²) in [4.78, 5) is 74.4. The summed E-state index contributed by atoms with van der Waals surface area (Å²) in [6.45, 7) is 0.600. The highest BCUT2D eigenvalue weighted by Gasteiger charge is 2.40. The van der Waals surface area contributed by atoms with Gasteiger partial charge in [-0.1, -0.05) is 194 Å². The molecule has 59 heavy (non-hydrogen) atoms. The molecule has 0 aliphatic carbocycles. The molecular weight excluding hydrogens is 753 g/mol. The van der Waals surface area contributed by atoms with Crippen LogP contribution in [0.2, 0.25) is 0 Å². The first-order chi connectivity index (χ1) is 28.9. The Bertz CT molecular complexity index is 2750. The second-order valence-corrected chi connectivity index (χ2v) is 14.6. The van der Waals surface area contributed by atoms with Crippen LogP contribution in [0.25, 0.3) is 5.70 Å². The fourth-order valence-electron chi connectivity index (χ4n) is 7.22. The smallest absolute Gasteiger partial charge is 0.210 e. The fraction of sp³-hybridized carbons (Fsp3) is 0.0392. The largest absolute Gasteiger partial charge is 0.324 e. The van der Waals surface area contributed by atoms with Gasteiger partial charge in [0.15, 0.2) is 23.1 Å². The van der Waals surface area contributed by atoms with Gasteiger partial charge in [0, 0.05) is 52.4 Å². The minimum Gasteiger partial charge on any atom is -0.324 e. The van der Waals surface area contributed by atoms with E-state index in [1.807, 2.05) is 59.5 Å². The quantitative estimate of drug-likeness (QED) is 0.0800. The molecular formula is C51H36N2O5S. The highest BCUT2D eigenvalue weighted by atomic mass is 32.2. The van der Waals surface area contributed by atoms with Crippen molar-refractivity contribution < 1.29 is 24.0 Å². The Labute approximate surface area is 346 Å². The van der Waals surface area contributed by atoms with Crippen LogP contribution in [-0.4, -0.2) is 40.0 Å². The third kappa shape index (κ3) is 7.94. The van der Waals surface area contributed by atoms with Gasteiger partial charge in [0.25, 0.3) is 0 Å². The van der Waals surface area contributed by atoms with Crippen LogP contribution in [0.4, 0.5) is 5.82 Å². The van der Waals surface area contributed by atoms with E-state index in [1.54, 1.807) is 137 Å². The first kappa shape index (κ1) is 38.5. The Morgan fingerprint density at radius 1 is 0.441 bits per heavy atom. The Morgan fingerprint density at radius 2 is 0.847 bits per heavy atom. The lowest BCUT2D eigenvalue weighted by Crippen LogP contribution is -2.22. The van der Waals surface area contributed by atoms with Crippen molar-refractivity contribution in [3.05, 3.63) is 249 Å². The molecule has 1 aliphatic rings. The average molecular weight is 789 g/mol. The van der Waals surface area contributed by atoms with E-state index < -0.39 is 17.3 Å². The molecule has 0 radical (unpaired) electrons. The van der Waals surface area contributed by atoms with Gasteiger partial charge in [0.2, 0.25) is 5.78 Å². The number of thioether (sulfide) groups is 1. The number of Topliss-reactive ketones (excluding diaryl/α,β-unsaturated/α-hetero) is 1. The van der Waals surface area contributed by atoms with E-state index in [2.05, 4.69) is 0 Å². The Hall–Kier alpha value is -7.42. The molecule has 0 N–H and O–H groups in total. The maximum absolute atomic E-state index is 15.0. The molecule has 0 bridgehead atoms. The van der Waals surface area contributed by atoms with E-state index >= 15 is 0 Å². The predicted octanol–water partition coefficient (Wildman–Crippen LogP) is 10.4. The molecule has 8 heteroatoms. The monoisotopic (exact) mass is 788 g/mol. The van der Waals surface area contributed by atoms with Crippen LogP contribution in [0.3, 0.4) is 0 Å². The molecule has 0 spiro atoms. The molecule has 2 heterocycles. The van der Waals surface area contributed by atoms with Gasteiger partial charge < -0.3 is 9.47 Å². The van der Waals surface area contributed by atoms with Crippen LogP contribution in [0.15, 0.2) is 198 Å². The molecule has 0 atom stereocenters. The van der Waals surface area contributed by atoms with E-state index in [0.29, 0.717) is 45.9 Å². The van der Waals surface area contributed by atoms with E-state index in [-0.39, 0.29) is 39.8 Å². The SMILES string of the molecule is O=C(/C=C(\S/C=C(\c1ccccc1)N1CCn2c(C(=O)c3ccccc3)c(C(=O)c3ccccc3)c(C(=O)c3ccccc3)c21)C(=O)c1ccccc1)c1ccccc1. The minimum atomic E-state index is -0.455. The Morgan fingerprint density at radius 3 is 1.34 bits per heavy atom. The zero-order chi connectivity index (χ0) is 40.7. The summed E-state index contributed by atoms with van der Waals surface area (Å²) in [6.07, 6.45) is 1.36. The highest BCUT2D eigenvalue weighted by molar-refractivity contribution is 8.06. The maximum Gasteiger partial charge on any atom is 0.210 e. The molecule has 0 unspecified atom stereocenters. The first-order valence-electron chi connectivity index (χ1n) is 19.1. The summed E-state index contributed by atoms with van der Waals surface area (Å²) >= 11 is 1.10. The van der Waals surface area contributed by atoms with E-state index in [1.165, 1.54) is 6.08 Å². The van der Waals surface area contributed by atoms with Gasteiger partial charge >= 0.3 is 0 Å². The van der Waals surface area contributed by atoms with Crippen molar-refractivity contribution in [2.45, 2.75) is 6.54 Å². The summed E-state index contributed by atoms with van der Waals surface area (Å²) in [5, 5.41) is 1.80. The molecule has 7 nitrogen and oxygen atoms in total. The van der Waals surface area contributed by atoms with Crippen LogP contribution in [0.5, 0.6) is 0 Å². The van der Waals surface area contributed by atoms with Gasteiger partial charge in [-0.2, -0.15) is 0 Å². The van der Waals surface area contributed by atoms with Gasteiger partial charge in [0.05, 0.1) is 21.7 Å². The molecule has 8 rings (SSSR count). The normalized spacial score (nSPS) is 12.5. The van der Waals surface area contributed by atoms with Gasteiger partial charge in [0.1, 0.15) is 11.5 Å². The number of aromatic nitrogens is 1. The van der Waals surface area contributed by atoms with Crippen LogP contribution in [0, 0.1) is 0 Å². The number of benzene rings is 6. The second-order valence-electron chi connectivity index (χ2n) is 13.7. The number of carbonyl (C=O) groups is 5. The standard InChI is InChI=1S/C51H36N2O5S/c54-42(36-21-9-2-10-22-36)33-43(47(55)37-23-11-3-12-24-37)59-34-41(35-19-7-1-8-20-35)52-31-32-53-46(50(58)40-29-17-6-18-30-40)44(48(56)38-25-13-4-14-26-38)45(51(52)53)49(57)39-27-15-5-16-28-39/h1-30,33-34H,31-32H2/b41-34+,43-33-. The van der Waals surface area contributed by atoms with Crippen LogP contribution in [-0.2, 0) is 6.54 Å². The van der Waals surface area contributed by atoms with E-state index in [9.17, 15) is 24.0 Å². The van der Waals surface area contributed by atoms with Crippen molar-refractivity contribution in [1.82, 2.24) is 4.57 Å². The van der Waals surface area contributed by atoms with Crippen LogP contribution >= 0.6 is 11.8 Å². The molecule has 7 aromatic rings. The highest BCUT2D eigenvalue weighted by Crippen LogP contribution is 2.43. The maximum atomic E-state index is 15.0. The lowest BCUT2D eigenvalue weighted by atomic mass is 9.92. The molecule has 0 saturated heterocycles. The number of hydrogen-bond donors (Lipinski definition) is 0. The number of fused-ring (bicyclic) bond motifs is 1. The van der Waals surface area contributed by atoms with Crippen molar-refractivity contribution in [2.24, 2.45) is 0 Å². The van der Waals surface area contributed by atoms with Crippen molar-refractivity contribution in [3.8, 4) is 0 Å². The summed E-state index contributed by atoms with van der Waals surface area (Å²) < 4.78 is 1.79. The summed E-state index contributed by atoms with van der Waals surface area (Å²) in [7, 11) is 0. The van der Waals surface area contributed by atoms with Crippen molar-refractivity contribution in [3.63, 3.8) is 0 Å². The molecule has 0 saturated carbocycles. The summed E-state index contributed by atoms with van der Waals surface area (Å²) in [5.41, 5.74) is 3.51. The lowest BCUT2D eigenvalue weighted by molar-refractivity contribution is 0.0990. The van der Waals surface area contributed by atoms with E-state index in [0.717, 1.165) is 17.3 Å². The van der Waals surface area contributed by atoms with Crippen molar-refractivity contribution >= 4 is 52.2 Å².